The summed E-state index contributed by atoms with van der Waals surface area (Å²) in [6, 6.07) is 11.8. The molecule has 0 spiro atoms. The Morgan fingerprint density at radius 2 is 1.96 bits per heavy atom. The van der Waals surface area contributed by atoms with Crippen LogP contribution in [0, 0.1) is 6.92 Å². The Kier molecular flexibility index (Phi) is 3.76. The Morgan fingerprint density at radius 1 is 1.22 bits per heavy atom. The highest BCUT2D eigenvalue weighted by atomic mass is 16.4. The summed E-state index contributed by atoms with van der Waals surface area (Å²) in [5.41, 5.74) is 10.1. The van der Waals surface area contributed by atoms with Crippen molar-refractivity contribution in [3.63, 3.8) is 0 Å². The van der Waals surface area contributed by atoms with Gasteiger partial charge in [0.15, 0.2) is 0 Å². The third-order valence-corrected chi connectivity index (χ3v) is 3.51. The van der Waals surface area contributed by atoms with Crippen LogP contribution >= 0.6 is 0 Å². The molecule has 0 aliphatic carbocycles. The molecular weight excluding hydrogens is 290 g/mol. The van der Waals surface area contributed by atoms with Crippen molar-refractivity contribution in [1.29, 1.82) is 0 Å². The quantitative estimate of drug-likeness (QED) is 0.725. The van der Waals surface area contributed by atoms with Crippen molar-refractivity contribution in [2.45, 2.75) is 6.92 Å². The zero-order valence-electron chi connectivity index (χ0n) is 12.5. The minimum atomic E-state index is -1.03. The summed E-state index contributed by atoms with van der Waals surface area (Å²) >= 11 is 0. The van der Waals surface area contributed by atoms with Gasteiger partial charge in [0.1, 0.15) is 5.82 Å². The molecule has 1 aromatic carbocycles. The summed E-state index contributed by atoms with van der Waals surface area (Å²) < 4.78 is 0. The fraction of sp³-hybridized carbons (Fsp3) is 0.0556. The number of aliphatic carboxylic acids is 1. The minimum Gasteiger partial charge on any atom is -0.478 e. The lowest BCUT2D eigenvalue weighted by Crippen LogP contribution is -1.96. The number of anilines is 1. The molecule has 3 aromatic rings. The number of carbonyl (C=O) groups is 1. The number of nitrogens with two attached hydrogens (primary N) is 1. The normalized spacial score (nSPS) is 11.2. The number of carboxylic acid groups (broad SMARTS) is 1. The van der Waals surface area contributed by atoms with Crippen molar-refractivity contribution in [2.24, 2.45) is 0 Å². The summed E-state index contributed by atoms with van der Waals surface area (Å²) in [7, 11) is 0. The maximum Gasteiger partial charge on any atom is 0.328 e. The maximum atomic E-state index is 10.7. The van der Waals surface area contributed by atoms with Gasteiger partial charge < -0.3 is 10.8 Å². The van der Waals surface area contributed by atoms with E-state index >= 15 is 0 Å². The summed E-state index contributed by atoms with van der Waals surface area (Å²) in [6.07, 6.45) is 4.16. The van der Waals surface area contributed by atoms with Gasteiger partial charge in [-0.05, 0) is 25.1 Å². The van der Waals surface area contributed by atoms with Gasteiger partial charge in [-0.3, -0.25) is 4.98 Å². The molecule has 0 saturated heterocycles. The second-order valence-electron chi connectivity index (χ2n) is 5.26. The summed E-state index contributed by atoms with van der Waals surface area (Å²) in [6.45, 7) is 2.03. The second kappa shape index (κ2) is 5.88. The lowest BCUT2D eigenvalue weighted by molar-refractivity contribution is -0.131. The summed E-state index contributed by atoms with van der Waals surface area (Å²) in [4.78, 5) is 19.4. The van der Waals surface area contributed by atoms with E-state index in [-0.39, 0.29) is 5.82 Å². The van der Waals surface area contributed by atoms with Crippen molar-refractivity contribution in [3.05, 3.63) is 59.8 Å². The molecule has 3 rings (SSSR count). The second-order valence-corrected chi connectivity index (χ2v) is 5.26. The van der Waals surface area contributed by atoms with E-state index in [0.29, 0.717) is 11.1 Å². The van der Waals surface area contributed by atoms with Crippen LogP contribution in [0.5, 0.6) is 0 Å². The fourth-order valence-corrected chi connectivity index (χ4v) is 2.29. The molecule has 23 heavy (non-hydrogen) atoms. The molecule has 0 saturated carbocycles. The van der Waals surface area contributed by atoms with Crippen molar-refractivity contribution < 1.29 is 9.90 Å². The Bertz CT molecular complexity index is 915. The average Bonchev–Trinajstić information content (AvgIpc) is 2.53. The fourth-order valence-electron chi connectivity index (χ4n) is 2.29. The number of hydrogen-bond acceptors (Lipinski definition) is 4. The molecule has 0 aliphatic rings. The standard InChI is InChI=1S/C18H15N3O2/c1-11-2-4-12(5-3-11)15-9-14-8-13(6-7-17(22)23)18(19)21-16(14)10-20-15/h2-10H,1H3,(H2,19,21)(H,22,23). The monoisotopic (exact) mass is 305 g/mol. The number of aromatic nitrogens is 2. The molecule has 0 fully saturated rings. The zero-order chi connectivity index (χ0) is 16.4. The average molecular weight is 305 g/mol. The van der Waals surface area contributed by atoms with E-state index in [4.69, 9.17) is 10.8 Å². The number of pyridine rings is 2. The molecule has 114 valence electrons. The van der Waals surface area contributed by atoms with Gasteiger partial charge in [-0.2, -0.15) is 0 Å². The Labute approximate surface area is 133 Å². The SMILES string of the molecule is Cc1ccc(-c2cc3cc(C=CC(=O)O)c(N)nc3cn2)cc1. The van der Waals surface area contributed by atoms with E-state index in [2.05, 4.69) is 9.97 Å². The number of carboxylic acids is 1. The van der Waals surface area contributed by atoms with Crippen LogP contribution in [0.4, 0.5) is 5.82 Å². The van der Waals surface area contributed by atoms with Gasteiger partial charge in [-0.1, -0.05) is 29.8 Å². The van der Waals surface area contributed by atoms with Gasteiger partial charge in [0.25, 0.3) is 0 Å². The number of nitrogen functional groups attached to an aromatic ring is 1. The van der Waals surface area contributed by atoms with Crippen LogP contribution in [0.15, 0.2) is 48.7 Å². The van der Waals surface area contributed by atoms with Crippen molar-refractivity contribution in [1.82, 2.24) is 9.97 Å². The third kappa shape index (κ3) is 3.18. The predicted octanol–water partition coefficient (Wildman–Crippen LogP) is 3.29. The first-order valence-electron chi connectivity index (χ1n) is 7.07. The Hall–Kier alpha value is -3.21. The van der Waals surface area contributed by atoms with Crippen LogP contribution in [0.1, 0.15) is 11.1 Å². The third-order valence-electron chi connectivity index (χ3n) is 3.51. The van der Waals surface area contributed by atoms with E-state index < -0.39 is 5.97 Å². The van der Waals surface area contributed by atoms with E-state index in [1.807, 2.05) is 43.3 Å². The first kappa shape index (κ1) is 14.7. The van der Waals surface area contributed by atoms with E-state index in [1.165, 1.54) is 11.6 Å². The largest absolute Gasteiger partial charge is 0.478 e. The van der Waals surface area contributed by atoms with Gasteiger partial charge >= 0.3 is 5.97 Å². The molecule has 3 N–H and O–H groups in total. The lowest BCUT2D eigenvalue weighted by Gasteiger charge is -2.06. The molecule has 0 aliphatic heterocycles. The van der Waals surface area contributed by atoms with Crippen LogP contribution in [0.3, 0.4) is 0 Å². The Morgan fingerprint density at radius 3 is 2.65 bits per heavy atom. The topological polar surface area (TPSA) is 89.1 Å². The molecule has 2 heterocycles. The molecule has 0 amide bonds. The lowest BCUT2D eigenvalue weighted by atomic mass is 10.1. The van der Waals surface area contributed by atoms with Gasteiger partial charge in [0, 0.05) is 22.6 Å². The molecular formula is C18H15N3O2. The molecule has 0 bridgehead atoms. The smallest absolute Gasteiger partial charge is 0.328 e. The summed E-state index contributed by atoms with van der Waals surface area (Å²) in [5, 5.41) is 9.59. The van der Waals surface area contributed by atoms with E-state index in [9.17, 15) is 4.79 Å². The minimum absolute atomic E-state index is 0.278. The van der Waals surface area contributed by atoms with Crippen LogP contribution < -0.4 is 5.73 Å². The van der Waals surface area contributed by atoms with Crippen molar-refractivity contribution in [2.75, 3.05) is 5.73 Å². The molecule has 0 unspecified atom stereocenters. The van der Waals surface area contributed by atoms with Crippen LogP contribution in [0.25, 0.3) is 28.2 Å². The van der Waals surface area contributed by atoms with Gasteiger partial charge in [0.05, 0.1) is 17.4 Å². The first-order valence-corrected chi connectivity index (χ1v) is 7.07. The van der Waals surface area contributed by atoms with E-state index in [0.717, 1.165) is 22.7 Å². The van der Waals surface area contributed by atoms with Crippen LogP contribution in [-0.4, -0.2) is 21.0 Å². The first-order chi connectivity index (χ1) is 11.0. The highest BCUT2D eigenvalue weighted by Gasteiger charge is 2.06. The highest BCUT2D eigenvalue weighted by Crippen LogP contribution is 2.24. The summed E-state index contributed by atoms with van der Waals surface area (Å²) in [5.74, 6) is -0.751. The highest BCUT2D eigenvalue weighted by molar-refractivity contribution is 5.90. The number of benzene rings is 1. The van der Waals surface area contributed by atoms with Crippen LogP contribution in [-0.2, 0) is 4.79 Å². The maximum absolute atomic E-state index is 10.7. The number of rotatable bonds is 3. The number of nitrogens with zero attached hydrogens (tertiary/aromatic N) is 2. The van der Waals surface area contributed by atoms with Gasteiger partial charge in [-0.15, -0.1) is 0 Å². The van der Waals surface area contributed by atoms with Gasteiger partial charge in [-0.25, -0.2) is 9.78 Å². The van der Waals surface area contributed by atoms with Gasteiger partial charge in [0.2, 0.25) is 0 Å². The van der Waals surface area contributed by atoms with Crippen LogP contribution in [0.2, 0.25) is 0 Å². The number of fused-ring (bicyclic) bond motifs is 1. The molecule has 0 radical (unpaired) electrons. The molecule has 0 atom stereocenters. The Balaban J connectivity index is 2.09. The van der Waals surface area contributed by atoms with Crippen molar-refractivity contribution in [3.8, 4) is 11.3 Å². The predicted molar refractivity (Wildman–Crippen MR) is 90.8 cm³/mol. The van der Waals surface area contributed by atoms with E-state index in [1.54, 1.807) is 6.20 Å². The molecule has 5 nitrogen and oxygen atoms in total. The number of aryl methyl sites for hydroxylation is 1. The zero-order valence-corrected chi connectivity index (χ0v) is 12.5. The number of hydrogen-bond donors (Lipinski definition) is 2. The molecule has 2 aromatic heterocycles. The molecule has 5 heteroatoms. The van der Waals surface area contributed by atoms with Crippen molar-refractivity contribution >= 4 is 28.8 Å².